The van der Waals surface area contributed by atoms with E-state index in [0.717, 1.165) is 45.5 Å². The second kappa shape index (κ2) is 11.8. The molecule has 0 saturated carbocycles. The molecule has 3 aromatic carbocycles. The number of nitrogens with zero attached hydrogens (tertiary/aromatic N) is 1. The van der Waals surface area contributed by atoms with Crippen molar-refractivity contribution in [2.24, 2.45) is 0 Å². The Bertz CT molecular complexity index is 1610. The lowest BCUT2D eigenvalue weighted by atomic mass is 9.85. The van der Waals surface area contributed by atoms with E-state index in [1.54, 1.807) is 24.3 Å². The number of benzene rings is 3. The lowest BCUT2D eigenvalue weighted by Gasteiger charge is -2.33. The minimum absolute atomic E-state index is 0.0495. The molecule has 10 heteroatoms. The van der Waals surface area contributed by atoms with Gasteiger partial charge in [-0.1, -0.05) is 25.5 Å². The van der Waals surface area contributed by atoms with E-state index in [-0.39, 0.29) is 29.3 Å². The molecule has 0 saturated heterocycles. The van der Waals surface area contributed by atoms with Gasteiger partial charge in [-0.05, 0) is 75.1 Å². The maximum Gasteiger partial charge on any atom is 0.309 e. The number of hydrogen-bond acceptors (Lipinski definition) is 8. The molecule has 0 fully saturated rings. The van der Waals surface area contributed by atoms with Crippen LogP contribution >= 0.6 is 0 Å². The third kappa shape index (κ3) is 6.82. The molecular formula is C31H36N2O7S. The summed E-state index contributed by atoms with van der Waals surface area (Å²) in [6.45, 7) is 10.1. The SMILES string of the molecule is CCCCS(=O)(=O)Oc1ccc(-c2ccc3c(c2COc2cc([N+](=O)[O-])ccc2C)C(C)=CC(C)(C)N3)c(OC)c1. The zero-order valence-electron chi connectivity index (χ0n) is 24.2. The van der Waals surface area contributed by atoms with Crippen molar-refractivity contribution < 1.29 is 27.0 Å². The van der Waals surface area contributed by atoms with Gasteiger partial charge in [0.05, 0.1) is 29.4 Å². The lowest BCUT2D eigenvalue weighted by molar-refractivity contribution is -0.385. The van der Waals surface area contributed by atoms with E-state index < -0.39 is 15.0 Å². The minimum atomic E-state index is -3.73. The maximum absolute atomic E-state index is 12.4. The van der Waals surface area contributed by atoms with E-state index in [1.807, 2.05) is 32.9 Å². The summed E-state index contributed by atoms with van der Waals surface area (Å²) in [6.07, 6.45) is 3.40. The molecule has 0 aromatic heterocycles. The van der Waals surface area contributed by atoms with Crippen molar-refractivity contribution in [3.63, 3.8) is 0 Å². The Morgan fingerprint density at radius 1 is 1.00 bits per heavy atom. The Balaban J connectivity index is 1.81. The van der Waals surface area contributed by atoms with E-state index in [2.05, 4.69) is 25.2 Å². The van der Waals surface area contributed by atoms with Gasteiger partial charge in [-0.2, -0.15) is 8.42 Å². The molecule has 0 unspecified atom stereocenters. The van der Waals surface area contributed by atoms with Crippen LogP contribution in [0.4, 0.5) is 11.4 Å². The number of rotatable bonds is 11. The maximum atomic E-state index is 12.4. The Morgan fingerprint density at radius 2 is 1.73 bits per heavy atom. The van der Waals surface area contributed by atoms with Gasteiger partial charge < -0.3 is 19.0 Å². The van der Waals surface area contributed by atoms with Crippen LogP contribution in [0.25, 0.3) is 16.7 Å². The monoisotopic (exact) mass is 580 g/mol. The fourth-order valence-electron chi connectivity index (χ4n) is 5.06. The van der Waals surface area contributed by atoms with Crippen LogP contribution in [0.2, 0.25) is 0 Å². The lowest BCUT2D eigenvalue weighted by Crippen LogP contribution is -2.32. The molecule has 4 rings (SSSR count). The summed E-state index contributed by atoms with van der Waals surface area (Å²) >= 11 is 0. The molecule has 41 heavy (non-hydrogen) atoms. The Hall–Kier alpha value is -4.05. The predicted molar refractivity (Wildman–Crippen MR) is 161 cm³/mol. The Kier molecular flexibility index (Phi) is 8.63. The number of nitro benzene ring substituents is 1. The highest BCUT2D eigenvalue weighted by Crippen LogP contribution is 2.43. The van der Waals surface area contributed by atoms with Gasteiger partial charge in [0.1, 0.15) is 23.9 Å². The highest BCUT2D eigenvalue weighted by Gasteiger charge is 2.27. The van der Waals surface area contributed by atoms with E-state index in [0.29, 0.717) is 17.9 Å². The first-order chi connectivity index (χ1) is 19.3. The molecule has 0 atom stereocenters. The van der Waals surface area contributed by atoms with E-state index in [4.69, 9.17) is 13.7 Å². The molecule has 9 nitrogen and oxygen atoms in total. The summed E-state index contributed by atoms with van der Waals surface area (Å²) in [5, 5.41) is 14.9. The molecule has 3 aromatic rings. The fraction of sp³-hybridized carbons (Fsp3) is 0.355. The number of aryl methyl sites for hydroxylation is 1. The highest BCUT2D eigenvalue weighted by molar-refractivity contribution is 7.87. The summed E-state index contributed by atoms with van der Waals surface area (Å²) < 4.78 is 42.1. The van der Waals surface area contributed by atoms with Gasteiger partial charge >= 0.3 is 10.1 Å². The van der Waals surface area contributed by atoms with Gasteiger partial charge in [0.2, 0.25) is 0 Å². The molecule has 1 heterocycles. The minimum Gasteiger partial charge on any atom is -0.496 e. The number of nitro groups is 1. The standard InChI is InChI=1S/C31H36N2O7S/c1-7-8-15-41(36,37)40-23-11-12-25(29(17-23)38-6)24-13-14-27-30(21(3)18-31(4,5)32-27)26(24)19-39-28-16-22(33(34)35)10-9-20(28)2/h9-14,16-18,32H,7-8,15,19H2,1-6H3. The molecule has 0 amide bonds. The molecule has 0 aliphatic carbocycles. The number of non-ortho nitro benzene ring substituents is 1. The Morgan fingerprint density at radius 3 is 2.41 bits per heavy atom. The number of unbranched alkanes of at least 4 members (excludes halogenated alkanes) is 1. The smallest absolute Gasteiger partial charge is 0.309 e. The fourth-order valence-corrected chi connectivity index (χ4v) is 6.19. The van der Waals surface area contributed by atoms with Crippen LogP contribution in [-0.4, -0.2) is 31.7 Å². The number of ether oxygens (including phenoxy) is 2. The molecular weight excluding hydrogens is 544 g/mol. The van der Waals surface area contributed by atoms with E-state index in [9.17, 15) is 18.5 Å². The predicted octanol–water partition coefficient (Wildman–Crippen LogP) is 7.27. The topological polar surface area (TPSA) is 117 Å². The first kappa shape index (κ1) is 29.9. The van der Waals surface area contributed by atoms with Gasteiger partial charge in [0.25, 0.3) is 5.69 Å². The van der Waals surface area contributed by atoms with Crippen molar-refractivity contribution >= 4 is 27.1 Å². The van der Waals surface area contributed by atoms with Crippen LogP contribution in [0, 0.1) is 17.0 Å². The van der Waals surface area contributed by atoms with Gasteiger partial charge in [-0.3, -0.25) is 10.1 Å². The van der Waals surface area contributed by atoms with Crippen LogP contribution in [0.15, 0.2) is 54.6 Å². The zero-order valence-corrected chi connectivity index (χ0v) is 25.1. The average Bonchev–Trinajstić information content (AvgIpc) is 2.90. The first-order valence-electron chi connectivity index (χ1n) is 13.5. The van der Waals surface area contributed by atoms with Crippen LogP contribution in [0.3, 0.4) is 0 Å². The summed E-state index contributed by atoms with van der Waals surface area (Å²) in [5.74, 6) is 0.962. The molecule has 1 aliphatic heterocycles. The molecule has 1 N–H and O–H groups in total. The number of fused-ring (bicyclic) bond motifs is 1. The highest BCUT2D eigenvalue weighted by atomic mass is 32.2. The van der Waals surface area contributed by atoms with Crippen molar-refractivity contribution in [2.45, 2.75) is 59.6 Å². The summed E-state index contributed by atoms with van der Waals surface area (Å²) in [7, 11) is -2.21. The van der Waals surface area contributed by atoms with Crippen molar-refractivity contribution in [2.75, 3.05) is 18.2 Å². The molecule has 0 spiro atoms. The molecule has 0 bridgehead atoms. The van der Waals surface area contributed by atoms with Crippen molar-refractivity contribution in [1.82, 2.24) is 0 Å². The normalized spacial score (nSPS) is 14.0. The third-order valence-corrected chi connectivity index (χ3v) is 8.17. The van der Waals surface area contributed by atoms with Crippen LogP contribution < -0.4 is 19.0 Å². The first-order valence-corrected chi connectivity index (χ1v) is 15.0. The quantitative estimate of drug-likeness (QED) is 0.143. The number of nitrogens with one attached hydrogen (secondary N) is 1. The average molecular weight is 581 g/mol. The molecule has 218 valence electrons. The van der Waals surface area contributed by atoms with Crippen LogP contribution in [0.5, 0.6) is 17.2 Å². The summed E-state index contributed by atoms with van der Waals surface area (Å²) in [4.78, 5) is 10.9. The third-order valence-electron chi connectivity index (χ3n) is 6.93. The van der Waals surface area contributed by atoms with E-state index >= 15 is 0 Å². The van der Waals surface area contributed by atoms with Crippen molar-refractivity contribution in [3.05, 3.63) is 81.4 Å². The van der Waals surface area contributed by atoms with Crippen molar-refractivity contribution in [3.8, 4) is 28.4 Å². The van der Waals surface area contributed by atoms with Gasteiger partial charge in [0.15, 0.2) is 0 Å². The van der Waals surface area contributed by atoms with Crippen molar-refractivity contribution in [1.29, 1.82) is 0 Å². The van der Waals surface area contributed by atoms with Gasteiger partial charge in [0, 0.05) is 34.5 Å². The van der Waals surface area contributed by atoms with Gasteiger partial charge in [-0.25, -0.2) is 0 Å². The van der Waals surface area contributed by atoms with Crippen LogP contribution in [-0.2, 0) is 16.7 Å². The molecule has 0 radical (unpaired) electrons. The number of methoxy groups -OCH3 is 1. The molecule has 1 aliphatic rings. The second-order valence-electron chi connectivity index (χ2n) is 10.7. The second-order valence-corrected chi connectivity index (χ2v) is 12.4. The zero-order chi connectivity index (χ0) is 29.9. The summed E-state index contributed by atoms with van der Waals surface area (Å²) in [5.41, 5.74) is 5.83. The van der Waals surface area contributed by atoms with Gasteiger partial charge in [-0.15, -0.1) is 0 Å². The number of allylic oxidation sites excluding steroid dienone is 1. The van der Waals surface area contributed by atoms with E-state index in [1.165, 1.54) is 19.2 Å². The van der Waals surface area contributed by atoms with Crippen LogP contribution in [0.1, 0.15) is 57.2 Å². The number of anilines is 1. The summed E-state index contributed by atoms with van der Waals surface area (Å²) in [6, 6.07) is 13.5. The largest absolute Gasteiger partial charge is 0.496 e. The Labute approximate surface area is 241 Å². The number of hydrogen-bond donors (Lipinski definition) is 1.